The summed E-state index contributed by atoms with van der Waals surface area (Å²) < 4.78 is 4.88. The Kier molecular flexibility index (Phi) is 5.38. The van der Waals surface area contributed by atoms with Crippen LogP contribution in [0.15, 0.2) is 22.8 Å². The van der Waals surface area contributed by atoms with Crippen LogP contribution in [-0.4, -0.2) is 36.1 Å². The summed E-state index contributed by atoms with van der Waals surface area (Å²) in [6, 6.07) is 2.80. The summed E-state index contributed by atoms with van der Waals surface area (Å²) in [7, 11) is 0. The average Bonchev–Trinajstić information content (AvgIpc) is 2.86. The summed E-state index contributed by atoms with van der Waals surface area (Å²) in [6.07, 6.45) is 1.38. The number of aliphatic hydroxyl groups is 1. The fraction of sp³-hybridized carbons (Fsp3) is 0.500. The molecule has 0 saturated heterocycles. The smallest absolute Gasteiger partial charge is 0.287 e. The van der Waals surface area contributed by atoms with Crippen molar-refractivity contribution < 1.29 is 19.1 Å². The molecule has 0 radical (unpaired) electrons. The first kappa shape index (κ1) is 14.2. The Morgan fingerprint density at radius 1 is 1.44 bits per heavy atom. The minimum atomic E-state index is -0.444. The molecule has 1 atom stereocenters. The topological polar surface area (TPSA) is 91.6 Å². The van der Waals surface area contributed by atoms with Gasteiger partial charge in [0.25, 0.3) is 5.91 Å². The van der Waals surface area contributed by atoms with Crippen molar-refractivity contribution in [3.05, 3.63) is 24.2 Å². The third kappa shape index (κ3) is 4.21. The van der Waals surface area contributed by atoms with Crippen molar-refractivity contribution in [1.82, 2.24) is 10.6 Å². The van der Waals surface area contributed by atoms with Gasteiger partial charge in [-0.15, -0.1) is 0 Å². The molecule has 6 heteroatoms. The van der Waals surface area contributed by atoms with Gasteiger partial charge in [-0.1, -0.05) is 13.8 Å². The molecule has 100 valence electrons. The van der Waals surface area contributed by atoms with E-state index >= 15 is 0 Å². The Morgan fingerprint density at radius 2 is 2.17 bits per heavy atom. The van der Waals surface area contributed by atoms with Crippen LogP contribution >= 0.6 is 0 Å². The van der Waals surface area contributed by atoms with Gasteiger partial charge in [-0.3, -0.25) is 9.59 Å². The molecular formula is C12H18N2O4. The van der Waals surface area contributed by atoms with Gasteiger partial charge in [0.05, 0.1) is 25.5 Å². The Balaban J connectivity index is 2.35. The van der Waals surface area contributed by atoms with Crippen molar-refractivity contribution in [2.75, 3.05) is 13.2 Å². The first-order chi connectivity index (χ1) is 8.54. The van der Waals surface area contributed by atoms with E-state index in [9.17, 15) is 9.59 Å². The predicted octanol–water partition coefficient (Wildman–Crippen LogP) is 0.143. The molecule has 3 N–H and O–H groups in total. The number of nitrogens with one attached hydrogen (secondary N) is 2. The number of aliphatic hydroxyl groups excluding tert-OH is 1. The highest BCUT2D eigenvalue weighted by molar-refractivity contribution is 5.94. The molecule has 0 fully saturated rings. The van der Waals surface area contributed by atoms with Crippen LogP contribution in [0, 0.1) is 5.92 Å². The fourth-order valence-electron chi connectivity index (χ4n) is 1.34. The van der Waals surface area contributed by atoms with Crippen LogP contribution in [0.1, 0.15) is 24.4 Å². The van der Waals surface area contributed by atoms with Crippen molar-refractivity contribution in [2.45, 2.75) is 19.9 Å². The molecule has 0 aliphatic carbocycles. The highest BCUT2D eigenvalue weighted by Crippen LogP contribution is 2.00. The Labute approximate surface area is 105 Å². The van der Waals surface area contributed by atoms with E-state index in [1.165, 1.54) is 12.3 Å². The maximum Gasteiger partial charge on any atom is 0.287 e. The molecule has 18 heavy (non-hydrogen) atoms. The SMILES string of the molecule is CC(C)C(CO)NC(=O)CNC(=O)c1ccco1. The molecule has 1 heterocycles. The van der Waals surface area contributed by atoms with Crippen molar-refractivity contribution in [3.8, 4) is 0 Å². The van der Waals surface area contributed by atoms with Crippen molar-refractivity contribution >= 4 is 11.8 Å². The minimum Gasteiger partial charge on any atom is -0.459 e. The quantitative estimate of drug-likeness (QED) is 0.673. The van der Waals surface area contributed by atoms with E-state index in [4.69, 9.17) is 9.52 Å². The monoisotopic (exact) mass is 254 g/mol. The Hall–Kier alpha value is -1.82. The summed E-state index contributed by atoms with van der Waals surface area (Å²) in [5.74, 6) is -0.506. The Bertz CT molecular complexity index is 387. The zero-order valence-corrected chi connectivity index (χ0v) is 10.5. The fourth-order valence-corrected chi connectivity index (χ4v) is 1.34. The normalized spacial score (nSPS) is 12.2. The standard InChI is InChI=1S/C12H18N2O4/c1-8(2)9(7-15)14-11(16)6-13-12(17)10-4-3-5-18-10/h3-5,8-9,15H,6-7H2,1-2H3,(H,13,17)(H,14,16). The maximum absolute atomic E-state index is 11.5. The van der Waals surface area contributed by atoms with Gasteiger partial charge in [0, 0.05) is 0 Å². The molecule has 0 aliphatic heterocycles. The lowest BCUT2D eigenvalue weighted by Crippen LogP contribution is -2.45. The number of hydrogen-bond acceptors (Lipinski definition) is 4. The molecule has 1 unspecified atom stereocenters. The van der Waals surface area contributed by atoms with Gasteiger partial charge in [0.15, 0.2) is 5.76 Å². The van der Waals surface area contributed by atoms with E-state index in [1.807, 2.05) is 13.8 Å². The van der Waals surface area contributed by atoms with E-state index in [2.05, 4.69) is 10.6 Å². The molecule has 1 rings (SSSR count). The van der Waals surface area contributed by atoms with Crippen molar-refractivity contribution in [1.29, 1.82) is 0 Å². The van der Waals surface area contributed by atoms with Gasteiger partial charge in [-0.2, -0.15) is 0 Å². The second kappa shape index (κ2) is 6.80. The summed E-state index contributed by atoms with van der Waals surface area (Å²) in [5, 5.41) is 14.1. The largest absolute Gasteiger partial charge is 0.459 e. The second-order valence-electron chi connectivity index (χ2n) is 4.26. The molecule has 0 aliphatic rings. The minimum absolute atomic E-state index is 0.125. The molecular weight excluding hydrogens is 236 g/mol. The number of furan rings is 1. The molecule has 1 aromatic rings. The highest BCUT2D eigenvalue weighted by Gasteiger charge is 2.16. The summed E-state index contributed by atoms with van der Waals surface area (Å²) in [4.78, 5) is 23.0. The third-order valence-corrected chi connectivity index (χ3v) is 2.50. The van der Waals surface area contributed by atoms with Crippen LogP contribution in [-0.2, 0) is 4.79 Å². The lowest BCUT2D eigenvalue weighted by molar-refractivity contribution is -0.121. The third-order valence-electron chi connectivity index (χ3n) is 2.50. The van der Waals surface area contributed by atoms with E-state index in [-0.39, 0.29) is 36.8 Å². The van der Waals surface area contributed by atoms with Crippen molar-refractivity contribution in [2.24, 2.45) is 5.92 Å². The summed E-state index contributed by atoms with van der Waals surface area (Å²) >= 11 is 0. The van der Waals surface area contributed by atoms with Crippen LogP contribution in [0.5, 0.6) is 0 Å². The number of carbonyl (C=O) groups excluding carboxylic acids is 2. The maximum atomic E-state index is 11.5. The summed E-state index contributed by atoms with van der Waals surface area (Å²) in [5.41, 5.74) is 0. The second-order valence-corrected chi connectivity index (χ2v) is 4.26. The van der Waals surface area contributed by atoms with Gasteiger partial charge in [0.2, 0.25) is 5.91 Å². The van der Waals surface area contributed by atoms with Crippen LogP contribution < -0.4 is 10.6 Å². The van der Waals surface area contributed by atoms with Gasteiger partial charge in [-0.05, 0) is 18.1 Å². The number of hydrogen-bond donors (Lipinski definition) is 3. The molecule has 0 spiro atoms. The van der Waals surface area contributed by atoms with Crippen molar-refractivity contribution in [3.63, 3.8) is 0 Å². The first-order valence-electron chi connectivity index (χ1n) is 5.76. The molecule has 6 nitrogen and oxygen atoms in total. The molecule has 0 saturated carbocycles. The summed E-state index contributed by atoms with van der Waals surface area (Å²) in [6.45, 7) is 3.50. The molecule has 0 aromatic carbocycles. The van der Waals surface area contributed by atoms with Gasteiger partial charge >= 0.3 is 0 Å². The molecule has 1 aromatic heterocycles. The van der Waals surface area contributed by atoms with E-state index in [1.54, 1.807) is 6.07 Å². The van der Waals surface area contributed by atoms with Gasteiger partial charge in [0.1, 0.15) is 0 Å². The van der Waals surface area contributed by atoms with Crippen LogP contribution in [0.25, 0.3) is 0 Å². The predicted molar refractivity (Wildman–Crippen MR) is 64.9 cm³/mol. The zero-order valence-electron chi connectivity index (χ0n) is 10.5. The van der Waals surface area contributed by atoms with E-state index < -0.39 is 5.91 Å². The first-order valence-corrected chi connectivity index (χ1v) is 5.76. The lowest BCUT2D eigenvalue weighted by atomic mass is 10.1. The molecule has 0 bridgehead atoms. The number of carbonyl (C=O) groups is 2. The van der Waals surface area contributed by atoms with Crippen LogP contribution in [0.4, 0.5) is 0 Å². The van der Waals surface area contributed by atoms with Crippen LogP contribution in [0.3, 0.4) is 0 Å². The average molecular weight is 254 g/mol. The van der Waals surface area contributed by atoms with Crippen LogP contribution in [0.2, 0.25) is 0 Å². The Morgan fingerprint density at radius 3 is 2.67 bits per heavy atom. The van der Waals surface area contributed by atoms with Gasteiger partial charge in [-0.25, -0.2) is 0 Å². The number of amides is 2. The van der Waals surface area contributed by atoms with Gasteiger partial charge < -0.3 is 20.2 Å². The highest BCUT2D eigenvalue weighted by atomic mass is 16.3. The molecule has 2 amide bonds. The lowest BCUT2D eigenvalue weighted by Gasteiger charge is -2.19. The van der Waals surface area contributed by atoms with E-state index in [0.29, 0.717) is 0 Å². The zero-order chi connectivity index (χ0) is 13.5. The number of rotatable bonds is 6. The van der Waals surface area contributed by atoms with E-state index in [0.717, 1.165) is 0 Å².